The van der Waals surface area contributed by atoms with Crippen LogP contribution in [-0.4, -0.2) is 9.97 Å². The van der Waals surface area contributed by atoms with E-state index in [0.29, 0.717) is 11.4 Å². The van der Waals surface area contributed by atoms with Crippen LogP contribution in [0.25, 0.3) is 0 Å². The lowest BCUT2D eigenvalue weighted by Gasteiger charge is -2.09. The van der Waals surface area contributed by atoms with Crippen molar-refractivity contribution in [3.63, 3.8) is 0 Å². The van der Waals surface area contributed by atoms with E-state index in [4.69, 9.17) is 11.6 Å². The molecule has 0 amide bonds. The van der Waals surface area contributed by atoms with Gasteiger partial charge in [-0.1, -0.05) is 23.7 Å². The first-order valence-electron chi connectivity index (χ1n) is 5.33. The van der Waals surface area contributed by atoms with E-state index in [9.17, 15) is 13.2 Å². The van der Waals surface area contributed by atoms with Crippen LogP contribution < -0.4 is 5.32 Å². The summed E-state index contributed by atoms with van der Waals surface area (Å²) in [5.41, 5.74) is -0.180. The number of rotatable bonds is 3. The lowest BCUT2D eigenvalue weighted by Crippen LogP contribution is -2.07. The molecule has 100 valence electrons. The zero-order valence-corrected chi connectivity index (χ0v) is 10.3. The Morgan fingerprint density at radius 3 is 2.68 bits per heavy atom. The second kappa shape index (κ2) is 5.44. The normalized spacial score (nSPS) is 11.4. The van der Waals surface area contributed by atoms with Crippen molar-refractivity contribution in [3.8, 4) is 0 Å². The monoisotopic (exact) mass is 287 g/mol. The van der Waals surface area contributed by atoms with E-state index in [1.54, 1.807) is 6.07 Å². The fourth-order valence-electron chi connectivity index (χ4n) is 1.48. The molecule has 1 heterocycles. The summed E-state index contributed by atoms with van der Waals surface area (Å²) in [7, 11) is 0. The van der Waals surface area contributed by atoms with Gasteiger partial charge in [-0.15, -0.1) is 0 Å². The van der Waals surface area contributed by atoms with Crippen LogP contribution in [0.4, 0.5) is 19.0 Å². The van der Waals surface area contributed by atoms with Crippen LogP contribution >= 0.6 is 11.6 Å². The largest absolute Gasteiger partial charge is 0.416 e. The Balaban J connectivity index is 2.08. The zero-order chi connectivity index (χ0) is 13.9. The molecule has 0 radical (unpaired) electrons. The van der Waals surface area contributed by atoms with Gasteiger partial charge in [-0.25, -0.2) is 4.98 Å². The summed E-state index contributed by atoms with van der Waals surface area (Å²) in [5, 5.41) is 3.07. The molecule has 0 bridgehead atoms. The van der Waals surface area contributed by atoms with Crippen molar-refractivity contribution in [1.82, 2.24) is 9.97 Å². The molecule has 0 saturated heterocycles. The van der Waals surface area contributed by atoms with E-state index in [1.807, 2.05) is 0 Å². The van der Waals surface area contributed by atoms with Crippen LogP contribution in [-0.2, 0) is 12.7 Å². The minimum Gasteiger partial charge on any atom is -0.365 e. The van der Waals surface area contributed by atoms with Crippen molar-refractivity contribution < 1.29 is 13.2 Å². The lowest BCUT2D eigenvalue weighted by atomic mass is 10.1. The van der Waals surface area contributed by atoms with E-state index in [2.05, 4.69) is 15.3 Å². The third kappa shape index (κ3) is 3.82. The molecule has 0 unspecified atom stereocenters. The maximum atomic E-state index is 12.5. The zero-order valence-electron chi connectivity index (χ0n) is 9.58. The molecule has 0 spiro atoms. The van der Waals surface area contributed by atoms with E-state index in [-0.39, 0.29) is 11.7 Å². The van der Waals surface area contributed by atoms with Crippen LogP contribution in [0.2, 0.25) is 5.15 Å². The van der Waals surface area contributed by atoms with Gasteiger partial charge in [-0.3, -0.25) is 4.98 Å². The highest BCUT2D eigenvalue weighted by Gasteiger charge is 2.30. The smallest absolute Gasteiger partial charge is 0.365 e. The summed E-state index contributed by atoms with van der Waals surface area (Å²) >= 11 is 5.65. The van der Waals surface area contributed by atoms with Crippen LogP contribution in [0.1, 0.15) is 11.1 Å². The first-order valence-corrected chi connectivity index (χ1v) is 5.70. The van der Waals surface area contributed by atoms with Gasteiger partial charge in [0, 0.05) is 6.54 Å². The number of anilines is 1. The van der Waals surface area contributed by atoms with Gasteiger partial charge in [0.2, 0.25) is 0 Å². The maximum Gasteiger partial charge on any atom is 0.416 e. The van der Waals surface area contributed by atoms with Crippen LogP contribution in [0, 0.1) is 0 Å². The number of halogens is 4. The molecular formula is C12H9ClF3N3. The van der Waals surface area contributed by atoms with E-state index < -0.39 is 11.7 Å². The van der Waals surface area contributed by atoms with Crippen molar-refractivity contribution in [2.45, 2.75) is 12.7 Å². The highest BCUT2D eigenvalue weighted by Crippen LogP contribution is 2.29. The molecule has 3 nitrogen and oxygen atoms in total. The summed E-state index contributed by atoms with van der Waals surface area (Å²) in [6.07, 6.45) is -1.53. The second-order valence-electron chi connectivity index (χ2n) is 3.78. The molecule has 1 aromatic heterocycles. The van der Waals surface area contributed by atoms with E-state index in [1.165, 1.54) is 18.5 Å². The molecule has 0 aliphatic rings. The minimum atomic E-state index is -4.34. The summed E-state index contributed by atoms with van der Waals surface area (Å²) in [5.74, 6) is 0.407. The van der Waals surface area contributed by atoms with Crippen molar-refractivity contribution in [1.29, 1.82) is 0 Å². The van der Waals surface area contributed by atoms with Crippen LogP contribution in [0.5, 0.6) is 0 Å². The Hall–Kier alpha value is -1.82. The minimum absolute atomic E-state index is 0.207. The molecule has 1 N–H and O–H groups in total. The third-order valence-electron chi connectivity index (χ3n) is 2.33. The Bertz CT molecular complexity index is 572. The van der Waals surface area contributed by atoms with Gasteiger partial charge in [-0.2, -0.15) is 13.2 Å². The predicted molar refractivity (Wildman–Crippen MR) is 65.8 cm³/mol. The van der Waals surface area contributed by atoms with Gasteiger partial charge < -0.3 is 5.32 Å². The fraction of sp³-hybridized carbons (Fsp3) is 0.167. The standard InChI is InChI=1S/C12H9ClF3N3/c13-10-6-17-7-11(19-10)18-5-8-2-1-3-9(4-8)12(14,15)16/h1-4,6-7H,5H2,(H,18,19). The lowest BCUT2D eigenvalue weighted by molar-refractivity contribution is -0.137. The average molecular weight is 288 g/mol. The molecule has 0 atom stereocenters. The molecule has 1 aromatic carbocycles. The summed E-state index contributed by atoms with van der Waals surface area (Å²) in [4.78, 5) is 7.75. The topological polar surface area (TPSA) is 37.8 Å². The first-order chi connectivity index (χ1) is 8.95. The number of nitrogens with one attached hydrogen (secondary N) is 1. The van der Waals surface area contributed by atoms with Gasteiger partial charge in [0.1, 0.15) is 11.0 Å². The quantitative estimate of drug-likeness (QED) is 0.934. The Morgan fingerprint density at radius 2 is 2.00 bits per heavy atom. The molecule has 0 aliphatic carbocycles. The molecule has 0 fully saturated rings. The number of hydrogen-bond donors (Lipinski definition) is 1. The summed E-state index contributed by atoms with van der Waals surface area (Å²) in [6.45, 7) is 0.207. The molecule has 0 saturated carbocycles. The van der Waals surface area contributed by atoms with Crippen molar-refractivity contribution >= 4 is 17.4 Å². The van der Waals surface area contributed by atoms with Gasteiger partial charge >= 0.3 is 6.18 Å². The first kappa shape index (κ1) is 13.6. The number of alkyl halides is 3. The van der Waals surface area contributed by atoms with Crippen LogP contribution in [0.15, 0.2) is 36.7 Å². The van der Waals surface area contributed by atoms with Gasteiger partial charge in [0.05, 0.1) is 18.0 Å². The van der Waals surface area contributed by atoms with Gasteiger partial charge in [-0.05, 0) is 17.7 Å². The predicted octanol–water partition coefficient (Wildman–Crippen LogP) is 3.76. The molecule has 19 heavy (non-hydrogen) atoms. The number of aromatic nitrogens is 2. The Morgan fingerprint density at radius 1 is 1.21 bits per heavy atom. The van der Waals surface area contributed by atoms with Crippen molar-refractivity contribution in [3.05, 3.63) is 52.9 Å². The van der Waals surface area contributed by atoms with Crippen molar-refractivity contribution in [2.75, 3.05) is 5.32 Å². The van der Waals surface area contributed by atoms with E-state index >= 15 is 0 Å². The summed E-state index contributed by atoms with van der Waals surface area (Å²) in [6, 6.07) is 5.08. The fourth-order valence-corrected chi connectivity index (χ4v) is 1.62. The highest BCUT2D eigenvalue weighted by atomic mass is 35.5. The number of benzene rings is 1. The molecule has 2 rings (SSSR count). The SMILES string of the molecule is FC(F)(F)c1cccc(CNc2cncc(Cl)n2)c1. The number of nitrogens with zero attached hydrogens (tertiary/aromatic N) is 2. The molecule has 7 heteroatoms. The Labute approximate surface area is 112 Å². The molecular weight excluding hydrogens is 279 g/mol. The van der Waals surface area contributed by atoms with Crippen LogP contribution in [0.3, 0.4) is 0 Å². The third-order valence-corrected chi connectivity index (χ3v) is 2.52. The second-order valence-corrected chi connectivity index (χ2v) is 4.17. The number of hydrogen-bond acceptors (Lipinski definition) is 3. The maximum absolute atomic E-state index is 12.5. The summed E-state index contributed by atoms with van der Waals surface area (Å²) < 4.78 is 37.6. The highest BCUT2D eigenvalue weighted by molar-refractivity contribution is 6.29. The van der Waals surface area contributed by atoms with Gasteiger partial charge in [0.25, 0.3) is 0 Å². The van der Waals surface area contributed by atoms with Crippen molar-refractivity contribution in [2.24, 2.45) is 0 Å². The Kier molecular flexibility index (Phi) is 3.90. The van der Waals surface area contributed by atoms with E-state index in [0.717, 1.165) is 12.1 Å². The van der Waals surface area contributed by atoms with Gasteiger partial charge in [0.15, 0.2) is 0 Å². The molecule has 2 aromatic rings. The average Bonchev–Trinajstić information content (AvgIpc) is 2.36. The molecule has 0 aliphatic heterocycles.